The van der Waals surface area contributed by atoms with Crippen LogP contribution in [0.1, 0.15) is 28.4 Å². The number of anilines is 1. The minimum absolute atomic E-state index is 0.0410. The highest BCUT2D eigenvalue weighted by molar-refractivity contribution is 6.30. The Kier molecular flexibility index (Phi) is 5.15. The Morgan fingerprint density at radius 1 is 0.931 bits per heavy atom. The third-order valence-corrected chi connectivity index (χ3v) is 5.01. The molecule has 4 heteroatoms. The lowest BCUT2D eigenvalue weighted by atomic mass is 10.1. The molecule has 1 amide bonds. The van der Waals surface area contributed by atoms with E-state index in [0.29, 0.717) is 21.8 Å². The topological polar surface area (TPSA) is 37.4 Å². The van der Waals surface area contributed by atoms with Gasteiger partial charge in [-0.2, -0.15) is 0 Å². The Labute approximate surface area is 174 Å². The van der Waals surface area contributed by atoms with E-state index in [1.54, 1.807) is 35.2 Å². The van der Waals surface area contributed by atoms with Crippen molar-refractivity contribution in [2.75, 3.05) is 4.90 Å². The van der Waals surface area contributed by atoms with Crippen LogP contribution < -0.4 is 4.90 Å². The molecule has 0 aliphatic carbocycles. The Morgan fingerprint density at radius 2 is 1.66 bits per heavy atom. The van der Waals surface area contributed by atoms with E-state index < -0.39 is 0 Å². The third kappa shape index (κ3) is 3.91. The molecule has 3 nitrogen and oxygen atoms in total. The molecule has 0 radical (unpaired) electrons. The van der Waals surface area contributed by atoms with Crippen LogP contribution in [0.4, 0.5) is 5.69 Å². The van der Waals surface area contributed by atoms with Crippen LogP contribution in [-0.4, -0.2) is 11.7 Å². The summed E-state index contributed by atoms with van der Waals surface area (Å²) in [6, 6.07) is 24.2. The lowest BCUT2D eigenvalue weighted by Gasteiger charge is -2.21. The van der Waals surface area contributed by atoms with Crippen LogP contribution in [-0.2, 0) is 4.79 Å². The van der Waals surface area contributed by atoms with E-state index in [4.69, 9.17) is 11.6 Å². The van der Waals surface area contributed by atoms with Crippen LogP contribution >= 0.6 is 11.6 Å². The molecule has 0 N–H and O–H groups in total. The summed E-state index contributed by atoms with van der Waals surface area (Å²) in [6.45, 7) is 1.52. The van der Waals surface area contributed by atoms with Crippen molar-refractivity contribution >= 4 is 40.8 Å². The number of ketones is 1. The predicted molar refractivity (Wildman–Crippen MR) is 118 cm³/mol. The normalized spacial score (nSPS) is 15.0. The lowest BCUT2D eigenvalue weighted by Crippen LogP contribution is -2.25. The van der Waals surface area contributed by atoms with Crippen molar-refractivity contribution in [1.82, 2.24) is 0 Å². The number of amides is 1. The van der Waals surface area contributed by atoms with Crippen molar-refractivity contribution in [2.45, 2.75) is 6.92 Å². The number of Topliss-reactive ketones (excluding diaryl/α,β-unsaturated/α-hetero) is 1. The molecule has 0 saturated carbocycles. The summed E-state index contributed by atoms with van der Waals surface area (Å²) >= 11 is 5.97. The van der Waals surface area contributed by atoms with E-state index in [9.17, 15) is 9.59 Å². The molecule has 0 fully saturated rings. The Hall–Kier alpha value is -3.43. The van der Waals surface area contributed by atoms with E-state index in [-0.39, 0.29) is 11.7 Å². The summed E-state index contributed by atoms with van der Waals surface area (Å²) in [5, 5.41) is 0.646. The Morgan fingerprint density at radius 3 is 2.34 bits per heavy atom. The highest BCUT2D eigenvalue weighted by Crippen LogP contribution is 2.35. The summed E-state index contributed by atoms with van der Waals surface area (Å²) in [7, 11) is 0. The zero-order valence-corrected chi connectivity index (χ0v) is 16.6. The average Bonchev–Trinajstić information content (AvgIpc) is 3.06. The van der Waals surface area contributed by atoms with Crippen molar-refractivity contribution in [2.24, 2.45) is 0 Å². The maximum Gasteiger partial charge on any atom is 0.262 e. The van der Waals surface area contributed by atoms with Gasteiger partial charge < -0.3 is 0 Å². The van der Waals surface area contributed by atoms with Crippen molar-refractivity contribution in [3.05, 3.63) is 112 Å². The van der Waals surface area contributed by atoms with Crippen LogP contribution in [0.25, 0.3) is 11.8 Å². The summed E-state index contributed by atoms with van der Waals surface area (Å²) < 4.78 is 0. The van der Waals surface area contributed by atoms with Gasteiger partial charge in [0.15, 0.2) is 5.78 Å². The molecule has 29 heavy (non-hydrogen) atoms. The molecule has 1 heterocycles. The molecular formula is C25H18ClNO2. The number of nitrogens with zero attached hydrogens (tertiary/aromatic N) is 1. The Bertz CT molecular complexity index is 1140. The average molecular weight is 400 g/mol. The fourth-order valence-electron chi connectivity index (χ4n) is 3.30. The largest absolute Gasteiger partial charge is 0.295 e. The summed E-state index contributed by atoms with van der Waals surface area (Å²) in [4.78, 5) is 26.8. The van der Waals surface area contributed by atoms with Gasteiger partial charge in [0.1, 0.15) is 0 Å². The molecule has 0 bridgehead atoms. The minimum atomic E-state index is -0.139. The third-order valence-electron chi connectivity index (χ3n) is 4.76. The van der Waals surface area contributed by atoms with E-state index in [0.717, 1.165) is 16.8 Å². The molecule has 0 aromatic heterocycles. The molecule has 0 spiro atoms. The fourth-order valence-corrected chi connectivity index (χ4v) is 3.42. The second-order valence-electron chi connectivity index (χ2n) is 6.79. The molecule has 0 unspecified atom stereocenters. The van der Waals surface area contributed by atoms with Gasteiger partial charge in [-0.1, -0.05) is 66.2 Å². The first-order valence-electron chi connectivity index (χ1n) is 9.23. The van der Waals surface area contributed by atoms with Gasteiger partial charge in [0, 0.05) is 21.8 Å². The first-order valence-corrected chi connectivity index (χ1v) is 9.60. The molecule has 4 rings (SSSR count). The van der Waals surface area contributed by atoms with Crippen LogP contribution in [0.5, 0.6) is 0 Å². The molecule has 3 aromatic rings. The SMILES string of the molecule is CC(=O)c1cccc(N2C(=O)/C(=C/c3ccc(Cl)cc3)C=C2c2ccccc2)c1. The van der Waals surface area contributed by atoms with Crippen molar-refractivity contribution in [1.29, 1.82) is 0 Å². The first-order chi connectivity index (χ1) is 14.0. The van der Waals surface area contributed by atoms with Gasteiger partial charge in [0.25, 0.3) is 5.91 Å². The zero-order valence-electron chi connectivity index (χ0n) is 15.8. The van der Waals surface area contributed by atoms with Gasteiger partial charge in [-0.05, 0) is 54.5 Å². The van der Waals surface area contributed by atoms with Gasteiger partial charge in [0.2, 0.25) is 0 Å². The minimum Gasteiger partial charge on any atom is -0.295 e. The van der Waals surface area contributed by atoms with Crippen LogP contribution in [0.3, 0.4) is 0 Å². The number of hydrogen-bond donors (Lipinski definition) is 0. The number of carbonyl (C=O) groups is 2. The zero-order chi connectivity index (χ0) is 20.4. The Balaban J connectivity index is 1.82. The molecule has 0 atom stereocenters. The summed E-state index contributed by atoms with van der Waals surface area (Å²) in [5.41, 5.74) is 4.39. The quantitative estimate of drug-likeness (QED) is 0.397. The maximum atomic E-state index is 13.3. The predicted octanol–water partition coefficient (Wildman–Crippen LogP) is 6.01. The number of benzene rings is 3. The smallest absolute Gasteiger partial charge is 0.262 e. The van der Waals surface area contributed by atoms with E-state index in [1.807, 2.05) is 60.7 Å². The number of halogens is 1. The van der Waals surface area contributed by atoms with Crippen molar-refractivity contribution in [3.63, 3.8) is 0 Å². The van der Waals surface area contributed by atoms with Crippen molar-refractivity contribution in [3.8, 4) is 0 Å². The number of rotatable bonds is 4. The van der Waals surface area contributed by atoms with Gasteiger partial charge in [0.05, 0.1) is 5.70 Å². The van der Waals surface area contributed by atoms with Gasteiger partial charge >= 0.3 is 0 Å². The second kappa shape index (κ2) is 7.90. The molecule has 1 aliphatic rings. The molecule has 142 valence electrons. The fraction of sp³-hybridized carbons (Fsp3) is 0.0400. The lowest BCUT2D eigenvalue weighted by molar-refractivity contribution is -0.113. The highest BCUT2D eigenvalue weighted by atomic mass is 35.5. The standard InChI is InChI=1S/C25H18ClNO2/c1-17(28)20-8-5-9-23(15-20)27-24(19-6-3-2-4-7-19)16-21(25(27)29)14-18-10-12-22(26)13-11-18/h2-16H,1H3/b21-14+. The van der Waals surface area contributed by atoms with Crippen LogP contribution in [0.2, 0.25) is 5.02 Å². The van der Waals surface area contributed by atoms with Crippen LogP contribution in [0.15, 0.2) is 90.5 Å². The first kappa shape index (κ1) is 18.9. The molecular weight excluding hydrogens is 382 g/mol. The van der Waals surface area contributed by atoms with Crippen LogP contribution in [0, 0.1) is 0 Å². The summed E-state index contributed by atoms with van der Waals surface area (Å²) in [5.74, 6) is -0.180. The number of hydrogen-bond acceptors (Lipinski definition) is 2. The second-order valence-corrected chi connectivity index (χ2v) is 7.23. The van der Waals surface area contributed by atoms with Gasteiger partial charge in [-0.25, -0.2) is 0 Å². The van der Waals surface area contributed by atoms with E-state index in [2.05, 4.69) is 0 Å². The summed E-state index contributed by atoms with van der Waals surface area (Å²) in [6.07, 6.45) is 3.73. The van der Waals surface area contributed by atoms with E-state index >= 15 is 0 Å². The maximum absolute atomic E-state index is 13.3. The van der Waals surface area contributed by atoms with E-state index in [1.165, 1.54) is 6.92 Å². The molecule has 3 aromatic carbocycles. The monoisotopic (exact) mass is 399 g/mol. The van der Waals surface area contributed by atoms with Gasteiger partial charge in [-0.3, -0.25) is 14.5 Å². The number of carbonyl (C=O) groups excluding carboxylic acids is 2. The molecule has 0 saturated heterocycles. The van der Waals surface area contributed by atoms with Gasteiger partial charge in [-0.15, -0.1) is 0 Å². The molecule has 1 aliphatic heterocycles. The van der Waals surface area contributed by atoms with Crippen molar-refractivity contribution < 1.29 is 9.59 Å². The highest BCUT2D eigenvalue weighted by Gasteiger charge is 2.30.